The van der Waals surface area contributed by atoms with Gasteiger partial charge < -0.3 is 9.64 Å². The first kappa shape index (κ1) is 16.3. The Kier molecular flexibility index (Phi) is 6.07. The highest BCUT2D eigenvalue weighted by atomic mass is 16.5. The van der Waals surface area contributed by atoms with Crippen LogP contribution < -0.4 is 0 Å². The van der Waals surface area contributed by atoms with E-state index in [-0.39, 0.29) is 17.8 Å². The molecule has 0 bridgehead atoms. The zero-order valence-corrected chi connectivity index (χ0v) is 13.5. The first-order chi connectivity index (χ1) is 10.1. The fourth-order valence-corrected chi connectivity index (χ4v) is 3.81. The van der Waals surface area contributed by atoms with Gasteiger partial charge in [-0.2, -0.15) is 0 Å². The van der Waals surface area contributed by atoms with Crippen LogP contribution in [0.4, 0.5) is 0 Å². The average Bonchev–Trinajstić information content (AvgIpc) is 2.55. The molecule has 1 saturated carbocycles. The van der Waals surface area contributed by atoms with E-state index in [1.807, 2.05) is 4.90 Å². The van der Waals surface area contributed by atoms with E-state index in [9.17, 15) is 9.59 Å². The van der Waals surface area contributed by atoms with Gasteiger partial charge in [0.2, 0.25) is 5.91 Å². The van der Waals surface area contributed by atoms with Gasteiger partial charge in [0.1, 0.15) is 0 Å². The van der Waals surface area contributed by atoms with Crippen molar-refractivity contribution in [2.24, 2.45) is 17.8 Å². The molecule has 0 aromatic heterocycles. The van der Waals surface area contributed by atoms with Crippen LogP contribution in [0.2, 0.25) is 0 Å². The van der Waals surface area contributed by atoms with E-state index in [0.717, 1.165) is 18.8 Å². The summed E-state index contributed by atoms with van der Waals surface area (Å²) < 4.78 is 4.79. The topological polar surface area (TPSA) is 46.6 Å². The third-order valence-electron chi connectivity index (χ3n) is 5.33. The second-order valence-electron chi connectivity index (χ2n) is 6.76. The summed E-state index contributed by atoms with van der Waals surface area (Å²) in [5.74, 6) is 1.36. The summed E-state index contributed by atoms with van der Waals surface area (Å²) in [5.41, 5.74) is 0. The summed E-state index contributed by atoms with van der Waals surface area (Å²) in [6.45, 7) is 3.64. The molecule has 21 heavy (non-hydrogen) atoms. The normalized spacial score (nSPS) is 22.9. The molecule has 2 rings (SSSR count). The molecule has 1 amide bonds. The van der Waals surface area contributed by atoms with Crippen LogP contribution in [0.1, 0.15) is 58.3 Å². The molecule has 1 aliphatic carbocycles. The Hall–Kier alpha value is -1.06. The van der Waals surface area contributed by atoms with Crippen LogP contribution in [0.25, 0.3) is 0 Å². The number of carbonyl (C=O) groups is 2. The molecule has 1 aliphatic heterocycles. The molecule has 4 heteroatoms. The predicted molar refractivity (Wildman–Crippen MR) is 81.7 cm³/mol. The Morgan fingerprint density at radius 3 is 2.29 bits per heavy atom. The van der Waals surface area contributed by atoms with E-state index in [1.165, 1.54) is 39.2 Å². The molecule has 0 aromatic rings. The molecule has 0 aromatic carbocycles. The first-order valence-corrected chi connectivity index (χ1v) is 8.47. The van der Waals surface area contributed by atoms with Crippen LogP contribution >= 0.6 is 0 Å². The molecular weight excluding hydrogens is 266 g/mol. The van der Waals surface area contributed by atoms with Crippen molar-refractivity contribution in [3.63, 3.8) is 0 Å². The zero-order valence-electron chi connectivity index (χ0n) is 13.5. The van der Waals surface area contributed by atoms with Crippen molar-refractivity contribution in [3.8, 4) is 0 Å². The van der Waals surface area contributed by atoms with Gasteiger partial charge in [0, 0.05) is 19.5 Å². The van der Waals surface area contributed by atoms with Crippen LogP contribution in [-0.4, -0.2) is 37.0 Å². The number of ether oxygens (including phenoxy) is 1. The smallest absolute Gasteiger partial charge is 0.308 e. The van der Waals surface area contributed by atoms with Crippen molar-refractivity contribution in [1.82, 2.24) is 4.90 Å². The third-order valence-corrected chi connectivity index (χ3v) is 5.33. The maximum atomic E-state index is 12.4. The number of amides is 1. The Morgan fingerprint density at radius 2 is 1.71 bits per heavy atom. The van der Waals surface area contributed by atoms with Gasteiger partial charge in [0.25, 0.3) is 0 Å². The number of esters is 1. The molecule has 1 saturated heterocycles. The summed E-state index contributed by atoms with van der Waals surface area (Å²) >= 11 is 0. The van der Waals surface area contributed by atoms with Crippen LogP contribution in [0.15, 0.2) is 0 Å². The van der Waals surface area contributed by atoms with E-state index >= 15 is 0 Å². The lowest BCUT2D eigenvalue weighted by molar-refractivity contribution is -0.149. The van der Waals surface area contributed by atoms with Crippen LogP contribution in [-0.2, 0) is 14.3 Å². The van der Waals surface area contributed by atoms with E-state index in [4.69, 9.17) is 4.74 Å². The van der Waals surface area contributed by atoms with E-state index in [1.54, 1.807) is 0 Å². The van der Waals surface area contributed by atoms with Gasteiger partial charge >= 0.3 is 5.97 Å². The fraction of sp³-hybridized carbons (Fsp3) is 0.882. The second-order valence-corrected chi connectivity index (χ2v) is 6.76. The number of rotatable bonds is 4. The Balaban J connectivity index is 1.75. The third kappa shape index (κ3) is 4.45. The summed E-state index contributed by atoms with van der Waals surface area (Å²) in [4.78, 5) is 25.9. The number of hydrogen-bond donors (Lipinski definition) is 0. The van der Waals surface area contributed by atoms with E-state index in [2.05, 4.69) is 6.92 Å². The summed E-state index contributed by atoms with van der Waals surface area (Å²) in [5, 5.41) is 0. The quantitative estimate of drug-likeness (QED) is 0.749. The fourth-order valence-electron chi connectivity index (χ4n) is 3.81. The number of carbonyl (C=O) groups excluding carboxylic acids is 2. The molecule has 120 valence electrons. The van der Waals surface area contributed by atoms with Gasteiger partial charge in [-0.25, -0.2) is 0 Å². The SMILES string of the molecule is COC(=O)C1CCN(C(=O)CC(C)C2CCCCC2)CC1. The maximum absolute atomic E-state index is 12.4. The summed E-state index contributed by atoms with van der Waals surface area (Å²) in [7, 11) is 1.44. The molecule has 4 nitrogen and oxygen atoms in total. The average molecular weight is 295 g/mol. The van der Waals surface area contributed by atoms with E-state index in [0.29, 0.717) is 25.4 Å². The van der Waals surface area contributed by atoms with Crippen molar-refractivity contribution in [2.75, 3.05) is 20.2 Å². The molecule has 2 fully saturated rings. The van der Waals surface area contributed by atoms with Crippen LogP contribution in [0.3, 0.4) is 0 Å². The lowest BCUT2D eigenvalue weighted by atomic mass is 9.79. The molecule has 1 unspecified atom stereocenters. The van der Waals surface area contributed by atoms with Gasteiger partial charge in [0.15, 0.2) is 0 Å². The minimum atomic E-state index is -0.127. The highest BCUT2D eigenvalue weighted by molar-refractivity contribution is 5.77. The van der Waals surface area contributed by atoms with Crippen molar-refractivity contribution >= 4 is 11.9 Å². The monoisotopic (exact) mass is 295 g/mol. The lowest BCUT2D eigenvalue weighted by Crippen LogP contribution is -2.41. The first-order valence-electron chi connectivity index (χ1n) is 8.47. The van der Waals surface area contributed by atoms with Crippen LogP contribution in [0, 0.1) is 17.8 Å². The highest BCUT2D eigenvalue weighted by Gasteiger charge is 2.29. The number of likely N-dealkylation sites (tertiary alicyclic amines) is 1. The predicted octanol–water partition coefficient (Wildman–Crippen LogP) is 3.00. The van der Waals surface area contributed by atoms with Gasteiger partial charge in [-0.3, -0.25) is 9.59 Å². The summed E-state index contributed by atoms with van der Waals surface area (Å²) in [6.07, 6.45) is 8.76. The van der Waals surface area contributed by atoms with Gasteiger partial charge in [-0.1, -0.05) is 39.0 Å². The van der Waals surface area contributed by atoms with Crippen molar-refractivity contribution in [2.45, 2.75) is 58.3 Å². The molecular formula is C17H29NO3. The molecule has 1 heterocycles. The number of methoxy groups -OCH3 is 1. The van der Waals surface area contributed by atoms with Gasteiger partial charge in [-0.05, 0) is 24.7 Å². The Bertz CT molecular complexity index is 355. The number of nitrogens with zero attached hydrogens (tertiary/aromatic N) is 1. The molecule has 0 spiro atoms. The lowest BCUT2D eigenvalue weighted by Gasteiger charge is -2.33. The Morgan fingerprint density at radius 1 is 1.10 bits per heavy atom. The molecule has 0 N–H and O–H groups in total. The van der Waals surface area contributed by atoms with Crippen molar-refractivity contribution in [3.05, 3.63) is 0 Å². The summed E-state index contributed by atoms with van der Waals surface area (Å²) in [6, 6.07) is 0. The molecule has 1 atom stereocenters. The minimum Gasteiger partial charge on any atom is -0.469 e. The van der Waals surface area contributed by atoms with Gasteiger partial charge in [-0.15, -0.1) is 0 Å². The highest BCUT2D eigenvalue weighted by Crippen LogP contribution is 2.32. The van der Waals surface area contributed by atoms with Crippen molar-refractivity contribution < 1.29 is 14.3 Å². The molecule has 2 aliphatic rings. The van der Waals surface area contributed by atoms with E-state index < -0.39 is 0 Å². The van der Waals surface area contributed by atoms with Crippen molar-refractivity contribution in [1.29, 1.82) is 0 Å². The zero-order chi connectivity index (χ0) is 15.2. The van der Waals surface area contributed by atoms with Gasteiger partial charge in [0.05, 0.1) is 13.0 Å². The van der Waals surface area contributed by atoms with Crippen LogP contribution in [0.5, 0.6) is 0 Å². The standard InChI is InChI=1S/C17H29NO3/c1-13(14-6-4-3-5-7-14)12-16(19)18-10-8-15(9-11-18)17(20)21-2/h13-15H,3-12H2,1-2H3. The number of hydrogen-bond acceptors (Lipinski definition) is 3. The largest absolute Gasteiger partial charge is 0.469 e. The Labute approximate surface area is 128 Å². The maximum Gasteiger partial charge on any atom is 0.308 e. The minimum absolute atomic E-state index is 0.0187. The number of piperidine rings is 1. The molecule has 0 radical (unpaired) electrons. The second kappa shape index (κ2) is 7.81.